The van der Waals surface area contributed by atoms with Crippen LogP contribution in [0.3, 0.4) is 0 Å². The Labute approximate surface area is 299 Å². The van der Waals surface area contributed by atoms with Crippen molar-refractivity contribution in [2.75, 3.05) is 55.9 Å². The van der Waals surface area contributed by atoms with E-state index >= 15 is 0 Å². The van der Waals surface area contributed by atoms with Gasteiger partial charge in [-0.2, -0.15) is 0 Å². The Kier molecular flexibility index (Phi) is 13.4. The molecular weight excluding hydrogens is 689 g/mol. The molecule has 4 amide bonds. The Morgan fingerprint density at radius 1 is 0.729 bits per heavy atom. The van der Waals surface area contributed by atoms with Crippen LogP contribution in [0.4, 0.5) is 5.69 Å². The van der Waals surface area contributed by atoms with Crippen molar-refractivity contribution in [3.63, 3.8) is 0 Å². The first kappa shape index (κ1) is 36.0. The van der Waals surface area contributed by atoms with Crippen LogP contribution in [0.2, 0.25) is 0 Å². The highest BCUT2D eigenvalue weighted by Gasteiger charge is 2.26. The predicted octanol–water partition coefficient (Wildman–Crippen LogP) is 3.73. The first-order chi connectivity index (χ1) is 23.3. The van der Waals surface area contributed by atoms with Crippen LogP contribution in [0.15, 0.2) is 48.5 Å². The molecule has 2 aromatic carbocycles. The Hall–Kier alpha value is -3.32. The third-order valence-corrected chi connectivity index (χ3v) is 10.6. The molecule has 0 atom stereocenters. The van der Waals surface area contributed by atoms with Crippen molar-refractivity contribution in [1.29, 1.82) is 0 Å². The summed E-state index contributed by atoms with van der Waals surface area (Å²) in [6.07, 6.45) is 0.245. The van der Waals surface area contributed by atoms with Crippen LogP contribution < -0.4 is 10.2 Å². The molecular formula is C34H36N4O6S4. The number of carbonyl (C=O) groups excluding carboxylic acids is 4. The first-order valence-corrected chi connectivity index (χ1v) is 18.5. The maximum atomic E-state index is 13.6. The molecule has 3 aliphatic heterocycles. The topological polar surface area (TPSA) is 108 Å². The fourth-order valence-electron chi connectivity index (χ4n) is 5.27. The fraction of sp³-hybridized carbons (Fsp3) is 0.412. The minimum Gasteiger partial charge on any atom is -0.379 e. The van der Waals surface area contributed by atoms with E-state index in [9.17, 15) is 19.2 Å². The number of amides is 4. The summed E-state index contributed by atoms with van der Waals surface area (Å²) in [6, 6.07) is 14.7. The van der Waals surface area contributed by atoms with Crippen LogP contribution in [-0.4, -0.2) is 99.1 Å². The molecule has 2 saturated heterocycles. The molecule has 0 aromatic heterocycles. The van der Waals surface area contributed by atoms with E-state index in [0.29, 0.717) is 34.0 Å². The lowest BCUT2D eigenvalue weighted by Crippen LogP contribution is -2.42. The Balaban J connectivity index is 1.15. The van der Waals surface area contributed by atoms with Gasteiger partial charge in [0.2, 0.25) is 23.6 Å². The van der Waals surface area contributed by atoms with E-state index in [2.05, 4.69) is 17.2 Å². The van der Waals surface area contributed by atoms with E-state index < -0.39 is 6.04 Å². The quantitative estimate of drug-likeness (QED) is 0.176. The van der Waals surface area contributed by atoms with Crippen LogP contribution >= 0.6 is 48.0 Å². The number of anilines is 1. The molecule has 0 aliphatic carbocycles. The third-order valence-electron chi connectivity index (χ3n) is 7.79. The summed E-state index contributed by atoms with van der Waals surface area (Å²) < 4.78 is 12.7. The van der Waals surface area contributed by atoms with Crippen LogP contribution in [-0.2, 0) is 35.2 Å². The average Bonchev–Trinajstić information content (AvgIpc) is 3.72. The summed E-state index contributed by atoms with van der Waals surface area (Å²) in [7, 11) is 0. The lowest BCUT2D eigenvalue weighted by atomic mass is 10.0. The fourth-order valence-corrected chi connectivity index (χ4v) is 7.76. The highest BCUT2D eigenvalue weighted by molar-refractivity contribution is 8.23. The number of para-hydroxylation sites is 1. The van der Waals surface area contributed by atoms with Crippen LogP contribution in [0, 0.1) is 11.8 Å². The summed E-state index contributed by atoms with van der Waals surface area (Å²) in [4.78, 5) is 56.6. The lowest BCUT2D eigenvalue weighted by Gasteiger charge is -2.26. The van der Waals surface area contributed by atoms with E-state index in [4.69, 9.17) is 33.9 Å². The van der Waals surface area contributed by atoms with Crippen molar-refractivity contribution in [3.05, 3.63) is 65.2 Å². The number of thioether (sulfide) groups is 2. The molecule has 0 saturated carbocycles. The van der Waals surface area contributed by atoms with Gasteiger partial charge in [0.1, 0.15) is 8.64 Å². The highest BCUT2D eigenvalue weighted by Crippen LogP contribution is 2.26. The van der Waals surface area contributed by atoms with Crippen molar-refractivity contribution in [2.45, 2.75) is 38.3 Å². The third kappa shape index (κ3) is 9.87. The minimum atomic E-state index is -0.561. The summed E-state index contributed by atoms with van der Waals surface area (Å²) in [6.45, 7) is 1.99. The van der Waals surface area contributed by atoms with Crippen molar-refractivity contribution in [3.8, 4) is 11.8 Å². The molecule has 0 spiro atoms. The molecule has 5 rings (SSSR count). The number of nitrogens with one attached hydrogen (secondary N) is 1. The summed E-state index contributed by atoms with van der Waals surface area (Å²) in [5.41, 5.74) is 3.24. The van der Waals surface area contributed by atoms with Gasteiger partial charge in [0, 0.05) is 48.6 Å². The molecule has 0 radical (unpaired) electrons. The van der Waals surface area contributed by atoms with Crippen LogP contribution in [0.25, 0.3) is 0 Å². The number of ether oxygens (including phenoxy) is 2. The van der Waals surface area contributed by atoms with Gasteiger partial charge in [0.25, 0.3) is 0 Å². The van der Waals surface area contributed by atoms with E-state index in [0.717, 1.165) is 28.2 Å². The number of benzene rings is 2. The van der Waals surface area contributed by atoms with Crippen molar-refractivity contribution in [2.24, 2.45) is 0 Å². The molecule has 2 aromatic rings. The second kappa shape index (κ2) is 17.9. The van der Waals surface area contributed by atoms with Crippen molar-refractivity contribution >= 4 is 85.9 Å². The zero-order valence-electron chi connectivity index (χ0n) is 26.3. The van der Waals surface area contributed by atoms with Gasteiger partial charge < -0.3 is 19.7 Å². The van der Waals surface area contributed by atoms with Gasteiger partial charge in [-0.3, -0.25) is 29.0 Å². The summed E-state index contributed by atoms with van der Waals surface area (Å²) in [5, 5.41) is 2.91. The molecule has 1 N–H and O–H groups in total. The normalized spacial score (nSPS) is 15.4. The maximum Gasteiger partial charge on any atom is 0.230 e. The second-order valence-electron chi connectivity index (χ2n) is 11.1. The Morgan fingerprint density at radius 2 is 1.27 bits per heavy atom. The van der Waals surface area contributed by atoms with E-state index in [1.54, 1.807) is 14.7 Å². The SMILES string of the molecule is O=C(CCC(=O)N1Cc2ccccc2C#Cc2ccccc21)NC(COCCC(=O)N1CCSC1=S)COCCC(=O)N1CCSC1=S. The predicted molar refractivity (Wildman–Crippen MR) is 196 cm³/mol. The largest absolute Gasteiger partial charge is 0.379 e. The monoisotopic (exact) mass is 724 g/mol. The van der Waals surface area contributed by atoms with Crippen molar-refractivity contribution < 1.29 is 28.7 Å². The van der Waals surface area contributed by atoms with Gasteiger partial charge in [0.05, 0.1) is 57.5 Å². The number of thiocarbonyl (C=S) groups is 2. The second-order valence-corrected chi connectivity index (χ2v) is 14.6. The van der Waals surface area contributed by atoms with Gasteiger partial charge in [-0.25, -0.2) is 0 Å². The lowest BCUT2D eigenvalue weighted by molar-refractivity contribution is -0.129. The number of hydrogen-bond donors (Lipinski definition) is 1. The maximum absolute atomic E-state index is 13.6. The van der Waals surface area contributed by atoms with E-state index in [1.165, 1.54) is 23.5 Å². The zero-order valence-corrected chi connectivity index (χ0v) is 29.6. The van der Waals surface area contributed by atoms with Gasteiger partial charge in [-0.1, -0.05) is 90.1 Å². The number of rotatable bonds is 14. The average molecular weight is 725 g/mol. The minimum absolute atomic E-state index is 0.0191. The van der Waals surface area contributed by atoms with Crippen molar-refractivity contribution in [1.82, 2.24) is 15.1 Å². The Bertz CT molecular complexity index is 1580. The van der Waals surface area contributed by atoms with E-state index in [1.807, 2.05) is 48.5 Å². The van der Waals surface area contributed by atoms with Gasteiger partial charge in [-0.05, 0) is 23.8 Å². The van der Waals surface area contributed by atoms with Gasteiger partial charge in [-0.15, -0.1) is 0 Å². The van der Waals surface area contributed by atoms with Crippen LogP contribution in [0.1, 0.15) is 42.4 Å². The zero-order chi connectivity index (χ0) is 33.9. The number of nitrogens with zero attached hydrogens (tertiary/aromatic N) is 3. The molecule has 0 unspecified atom stereocenters. The van der Waals surface area contributed by atoms with Crippen LogP contribution in [0.5, 0.6) is 0 Å². The standard InChI is InChI=1S/C34H36N4O6S4/c39-29(11-12-30(40)38-21-26-7-2-1-5-24(26)9-10-25-6-3-4-8-28(25)38)35-27(22-43-17-13-31(41)36-15-19-47-33(36)45)23-44-18-14-32(42)37-16-20-48-34(37)46/h1-8,27H,11-23H2,(H,35,39). The number of fused-ring (bicyclic) bond motifs is 2. The molecule has 48 heavy (non-hydrogen) atoms. The summed E-state index contributed by atoms with van der Waals surface area (Å²) >= 11 is 13.4. The van der Waals surface area contributed by atoms with Gasteiger partial charge in [0.15, 0.2) is 0 Å². The molecule has 10 nitrogen and oxygen atoms in total. The molecule has 252 valence electrons. The number of hydrogen-bond acceptors (Lipinski definition) is 10. The summed E-state index contributed by atoms with van der Waals surface area (Å²) in [5.74, 6) is 7.22. The van der Waals surface area contributed by atoms with Gasteiger partial charge >= 0.3 is 0 Å². The highest BCUT2D eigenvalue weighted by atomic mass is 32.2. The molecule has 14 heteroatoms. The Morgan fingerprint density at radius 3 is 1.88 bits per heavy atom. The molecule has 3 heterocycles. The first-order valence-electron chi connectivity index (χ1n) is 15.7. The number of carbonyl (C=O) groups is 4. The van der Waals surface area contributed by atoms with E-state index in [-0.39, 0.29) is 75.7 Å². The smallest absolute Gasteiger partial charge is 0.230 e. The molecule has 3 aliphatic rings. The molecule has 2 fully saturated rings. The molecule has 0 bridgehead atoms.